The minimum atomic E-state index is -0.872. The number of nitrogens with two attached hydrogens (primary N) is 1. The summed E-state index contributed by atoms with van der Waals surface area (Å²) in [6.07, 6.45) is 0.145. The summed E-state index contributed by atoms with van der Waals surface area (Å²) in [5, 5.41) is 13.6. The van der Waals surface area contributed by atoms with E-state index in [4.69, 9.17) is 10.8 Å². The van der Waals surface area contributed by atoms with Crippen LogP contribution in [0.2, 0.25) is 0 Å². The Balaban J connectivity index is 3.42. The van der Waals surface area contributed by atoms with E-state index in [1.165, 1.54) is 0 Å². The molecule has 13 heavy (non-hydrogen) atoms. The second-order valence-corrected chi connectivity index (χ2v) is 2.61. The van der Waals surface area contributed by atoms with Crippen molar-refractivity contribution < 1.29 is 14.7 Å². The number of urea groups is 1. The summed E-state index contributed by atoms with van der Waals surface area (Å²) in [5.41, 5.74) is 4.70. The molecule has 0 aromatic rings. The largest absolute Gasteiger partial charge is 0.392 e. The van der Waals surface area contributed by atoms with Crippen molar-refractivity contribution in [1.82, 2.24) is 10.6 Å². The van der Waals surface area contributed by atoms with Crippen LogP contribution < -0.4 is 16.4 Å². The molecule has 0 aromatic carbocycles. The number of amides is 3. The molecule has 0 fully saturated rings. The zero-order valence-electron chi connectivity index (χ0n) is 7.54. The van der Waals surface area contributed by atoms with Gasteiger partial charge < -0.3 is 16.2 Å². The maximum atomic E-state index is 10.8. The van der Waals surface area contributed by atoms with Gasteiger partial charge >= 0.3 is 6.03 Å². The van der Waals surface area contributed by atoms with Crippen molar-refractivity contribution in [3.63, 3.8) is 0 Å². The Hall–Kier alpha value is -1.14. The van der Waals surface area contributed by atoms with E-state index in [-0.39, 0.29) is 6.54 Å². The summed E-state index contributed by atoms with van der Waals surface area (Å²) < 4.78 is 0. The summed E-state index contributed by atoms with van der Waals surface area (Å²) in [6, 6.07) is -0.872. The fourth-order valence-electron chi connectivity index (χ4n) is 0.678. The van der Waals surface area contributed by atoms with Crippen LogP contribution in [0.3, 0.4) is 0 Å². The second kappa shape index (κ2) is 6.38. The van der Waals surface area contributed by atoms with E-state index in [2.05, 4.69) is 5.32 Å². The Labute approximate surface area is 76.5 Å². The van der Waals surface area contributed by atoms with Gasteiger partial charge in [0.25, 0.3) is 0 Å². The van der Waals surface area contributed by atoms with Crippen LogP contribution in [0.4, 0.5) is 4.79 Å². The maximum absolute atomic E-state index is 10.8. The lowest BCUT2D eigenvalue weighted by Crippen LogP contribution is -2.42. The average molecular weight is 189 g/mol. The van der Waals surface area contributed by atoms with Gasteiger partial charge in [0.2, 0.25) is 5.91 Å². The van der Waals surface area contributed by atoms with Gasteiger partial charge in [-0.2, -0.15) is 0 Å². The topological polar surface area (TPSA) is 104 Å². The highest BCUT2D eigenvalue weighted by Gasteiger charge is 2.04. The summed E-state index contributed by atoms with van der Waals surface area (Å²) >= 11 is 0. The van der Waals surface area contributed by atoms with Crippen molar-refractivity contribution in [2.75, 3.05) is 13.1 Å². The van der Waals surface area contributed by atoms with E-state index >= 15 is 0 Å². The number of hydrogen-bond donors (Lipinski definition) is 4. The summed E-state index contributed by atoms with van der Waals surface area (Å²) in [7, 11) is 0. The molecule has 0 heterocycles. The van der Waals surface area contributed by atoms with Crippen LogP contribution in [0.25, 0.3) is 0 Å². The Morgan fingerprint density at radius 1 is 1.54 bits per heavy atom. The lowest BCUT2D eigenvalue weighted by Gasteiger charge is -2.08. The van der Waals surface area contributed by atoms with Crippen molar-refractivity contribution >= 4 is 11.9 Å². The van der Waals surface area contributed by atoms with E-state index in [1.807, 2.05) is 12.2 Å². The smallest absolute Gasteiger partial charge is 0.318 e. The number of primary amides is 1. The monoisotopic (exact) mass is 189 g/mol. The molecule has 0 saturated carbocycles. The minimum Gasteiger partial charge on any atom is -0.392 e. The van der Waals surface area contributed by atoms with Crippen molar-refractivity contribution in [2.45, 2.75) is 19.4 Å². The van der Waals surface area contributed by atoms with Crippen LogP contribution in [0.15, 0.2) is 0 Å². The number of rotatable bonds is 5. The van der Waals surface area contributed by atoms with E-state index in [0.29, 0.717) is 13.0 Å². The Morgan fingerprint density at radius 2 is 2.15 bits per heavy atom. The third-order valence-corrected chi connectivity index (χ3v) is 1.40. The van der Waals surface area contributed by atoms with E-state index in [1.54, 1.807) is 0 Å². The van der Waals surface area contributed by atoms with Crippen LogP contribution >= 0.6 is 0 Å². The molecule has 0 rings (SSSR count). The van der Waals surface area contributed by atoms with Gasteiger partial charge in [-0.3, -0.25) is 10.1 Å². The normalized spacial score (nSPS) is 12.2. The highest BCUT2D eigenvalue weighted by Crippen LogP contribution is 1.85. The van der Waals surface area contributed by atoms with Crippen LogP contribution in [-0.2, 0) is 4.79 Å². The van der Waals surface area contributed by atoms with Crippen molar-refractivity contribution in [3.8, 4) is 0 Å². The summed E-state index contributed by atoms with van der Waals surface area (Å²) in [5.74, 6) is -0.504. The zero-order chi connectivity index (χ0) is 10.3. The zero-order valence-corrected chi connectivity index (χ0v) is 7.54. The third kappa shape index (κ3) is 7.23. The number of nitrogens with one attached hydrogen (secondary N) is 2. The summed E-state index contributed by atoms with van der Waals surface area (Å²) in [4.78, 5) is 20.9. The van der Waals surface area contributed by atoms with Gasteiger partial charge in [-0.05, 0) is 6.42 Å². The highest BCUT2D eigenvalue weighted by atomic mass is 16.3. The fourth-order valence-corrected chi connectivity index (χ4v) is 0.678. The molecule has 0 aliphatic carbocycles. The lowest BCUT2D eigenvalue weighted by molar-refractivity contribution is -0.119. The minimum absolute atomic E-state index is 0.0278. The Morgan fingerprint density at radius 3 is 2.62 bits per heavy atom. The number of carbonyl (C=O) groups excluding carboxylic acids is 2. The molecule has 0 bridgehead atoms. The standard InChI is InChI=1S/C7H15N3O3/c1-2-5(11)3-9-4-6(12)10-7(8)13/h5,9,11H,2-4H2,1H3,(H3,8,10,12,13). The van der Waals surface area contributed by atoms with Gasteiger partial charge in [0.15, 0.2) is 0 Å². The van der Waals surface area contributed by atoms with Crippen LogP contribution in [0, 0.1) is 0 Å². The fraction of sp³-hybridized carbons (Fsp3) is 0.714. The molecular formula is C7H15N3O3. The van der Waals surface area contributed by atoms with Crippen LogP contribution in [-0.4, -0.2) is 36.2 Å². The molecule has 5 N–H and O–H groups in total. The number of aliphatic hydroxyl groups is 1. The molecule has 0 aliphatic heterocycles. The van der Waals surface area contributed by atoms with Gasteiger partial charge in [0.05, 0.1) is 12.6 Å². The van der Waals surface area contributed by atoms with E-state index < -0.39 is 18.0 Å². The molecule has 6 heteroatoms. The van der Waals surface area contributed by atoms with Crippen LogP contribution in [0.5, 0.6) is 0 Å². The molecular weight excluding hydrogens is 174 g/mol. The third-order valence-electron chi connectivity index (χ3n) is 1.40. The first-order valence-corrected chi connectivity index (χ1v) is 4.04. The van der Waals surface area contributed by atoms with Gasteiger partial charge in [0.1, 0.15) is 0 Å². The van der Waals surface area contributed by atoms with E-state index in [9.17, 15) is 9.59 Å². The quantitative estimate of drug-likeness (QED) is 0.424. The molecule has 6 nitrogen and oxygen atoms in total. The van der Waals surface area contributed by atoms with Gasteiger partial charge in [-0.25, -0.2) is 4.79 Å². The molecule has 0 spiro atoms. The number of aliphatic hydroxyl groups excluding tert-OH is 1. The van der Waals surface area contributed by atoms with Crippen molar-refractivity contribution in [1.29, 1.82) is 0 Å². The highest BCUT2D eigenvalue weighted by molar-refractivity contribution is 5.94. The maximum Gasteiger partial charge on any atom is 0.318 e. The van der Waals surface area contributed by atoms with Crippen LogP contribution in [0.1, 0.15) is 13.3 Å². The van der Waals surface area contributed by atoms with Gasteiger partial charge in [0, 0.05) is 6.54 Å². The molecule has 1 unspecified atom stereocenters. The van der Waals surface area contributed by atoms with Crippen molar-refractivity contribution in [2.24, 2.45) is 5.73 Å². The summed E-state index contributed by atoms with van der Waals surface area (Å²) in [6.45, 7) is 2.12. The van der Waals surface area contributed by atoms with Crippen molar-refractivity contribution in [3.05, 3.63) is 0 Å². The number of carbonyl (C=O) groups is 2. The molecule has 0 radical (unpaired) electrons. The molecule has 0 aliphatic rings. The average Bonchev–Trinajstić information content (AvgIpc) is 2.02. The predicted octanol–water partition coefficient (Wildman–Crippen LogP) is -1.46. The van der Waals surface area contributed by atoms with Gasteiger partial charge in [-0.15, -0.1) is 0 Å². The second-order valence-electron chi connectivity index (χ2n) is 2.61. The molecule has 3 amide bonds. The first-order valence-electron chi connectivity index (χ1n) is 4.04. The first kappa shape index (κ1) is 11.9. The van der Waals surface area contributed by atoms with Gasteiger partial charge in [-0.1, -0.05) is 6.92 Å². The lowest BCUT2D eigenvalue weighted by atomic mass is 10.3. The van der Waals surface area contributed by atoms with E-state index in [0.717, 1.165) is 0 Å². The SMILES string of the molecule is CCC(O)CNCC(=O)NC(N)=O. The molecule has 0 aromatic heterocycles. The predicted molar refractivity (Wildman–Crippen MR) is 46.9 cm³/mol. The molecule has 76 valence electrons. The Kier molecular flexibility index (Phi) is 5.82. The number of hydrogen-bond acceptors (Lipinski definition) is 4. The number of imide groups is 1. The molecule has 0 saturated heterocycles. The first-order chi connectivity index (χ1) is 6.06. The Bertz CT molecular complexity index is 184. The molecule has 1 atom stereocenters.